The summed E-state index contributed by atoms with van der Waals surface area (Å²) in [7, 11) is 2.23. The Bertz CT molecular complexity index is 1890. The first kappa shape index (κ1) is 36.8. The highest BCUT2D eigenvalue weighted by Gasteiger charge is 2.59. The second kappa shape index (κ2) is 14.5. The van der Waals surface area contributed by atoms with Crippen molar-refractivity contribution in [3.05, 3.63) is 25.3 Å². The SMILES string of the molecule is CC[C@H]1[C@H](n2cnc3c(N)ncnc32)O[C@](CC)(CO[P@@](=O)(S)O[C@H]2[C@@H](CC)[C@H](n3cnc4c(N)ncnc43)O[C@]2(CC)COP)[C@H]1OC=O. The fourth-order valence-corrected chi connectivity index (χ4v) is 9.15. The summed E-state index contributed by atoms with van der Waals surface area (Å²) in [6.07, 6.45) is 4.76. The van der Waals surface area contributed by atoms with Crippen LogP contribution in [0.25, 0.3) is 22.3 Å². The second-order valence-electron chi connectivity index (χ2n) is 12.4. The average Bonchev–Trinajstić information content (AvgIpc) is 3.87. The molecule has 2 fully saturated rings. The van der Waals surface area contributed by atoms with Gasteiger partial charge in [0.05, 0.1) is 25.9 Å². The molecule has 21 heteroatoms. The first-order chi connectivity index (χ1) is 24.0. The van der Waals surface area contributed by atoms with E-state index in [0.29, 0.717) is 54.5 Å². The van der Waals surface area contributed by atoms with E-state index < -0.39 is 42.7 Å². The quantitative estimate of drug-likeness (QED) is 0.0884. The van der Waals surface area contributed by atoms with Crippen molar-refractivity contribution in [3.8, 4) is 0 Å². The van der Waals surface area contributed by atoms with Crippen LogP contribution in [-0.2, 0) is 37.1 Å². The average molecular weight is 753 g/mol. The summed E-state index contributed by atoms with van der Waals surface area (Å²) in [5, 5.41) is 0. The summed E-state index contributed by atoms with van der Waals surface area (Å²) < 4.78 is 54.9. The van der Waals surface area contributed by atoms with E-state index in [-0.39, 0.29) is 36.7 Å². The predicted octanol–water partition coefficient (Wildman–Crippen LogP) is 4.03. The molecule has 2 aliphatic heterocycles. The minimum atomic E-state index is -4.17. The van der Waals surface area contributed by atoms with Gasteiger partial charge in [0, 0.05) is 21.3 Å². The number of hydrogen-bond acceptors (Lipinski definition) is 16. The lowest BCUT2D eigenvalue weighted by atomic mass is 9.86. The van der Waals surface area contributed by atoms with Crippen molar-refractivity contribution < 1.29 is 37.1 Å². The lowest BCUT2D eigenvalue weighted by molar-refractivity contribution is -0.155. The van der Waals surface area contributed by atoms with Crippen molar-refractivity contribution in [1.82, 2.24) is 39.0 Å². The van der Waals surface area contributed by atoms with Crippen molar-refractivity contribution in [2.24, 2.45) is 11.8 Å². The molecule has 1 unspecified atom stereocenters. The molecule has 10 atom stereocenters. The zero-order valence-electron chi connectivity index (χ0n) is 28.1. The molecule has 0 amide bonds. The fraction of sp³-hybridized carbons (Fsp3) is 0.621. The van der Waals surface area contributed by atoms with Crippen molar-refractivity contribution in [2.45, 2.75) is 89.2 Å². The number of carbonyl (C=O) groups excluding carboxylic acids is 1. The van der Waals surface area contributed by atoms with Gasteiger partial charge >= 0.3 is 6.80 Å². The number of imidazole rings is 2. The van der Waals surface area contributed by atoms with E-state index in [1.54, 1.807) is 21.8 Å². The third kappa shape index (κ3) is 6.25. The van der Waals surface area contributed by atoms with Crippen LogP contribution in [0, 0.1) is 11.8 Å². The standard InChI is InChI=1S/C29H42N10O8P2S/c1-5-16-20(42-15-40)29(8-4,46-26(16)38-13-36-18-22(30)32-11-34-24(18)38)10-44-49(41,50)47-21-17(6-2)27(45-28(21,7-3)9-43-48)39-14-37-19-23(31)33-12-35-25(19)39/h11-17,20-21,26-27H,5-10,48H2,1-4H3,(H,41,50)(H2,30,32,34)(H2,31,33,35)/t16-,17-,20+,21+,26-,27-,28-,29-,49-/m1/s1. The molecule has 0 spiro atoms. The van der Waals surface area contributed by atoms with Crippen molar-refractivity contribution in [2.75, 3.05) is 24.7 Å². The molecule has 0 aliphatic carbocycles. The van der Waals surface area contributed by atoms with Crippen molar-refractivity contribution in [3.63, 3.8) is 0 Å². The Morgan fingerprint density at radius 2 is 1.36 bits per heavy atom. The highest BCUT2D eigenvalue weighted by Crippen LogP contribution is 2.61. The van der Waals surface area contributed by atoms with Crippen LogP contribution in [0.15, 0.2) is 25.3 Å². The van der Waals surface area contributed by atoms with Crippen LogP contribution in [0.1, 0.15) is 65.8 Å². The molecular weight excluding hydrogens is 710 g/mol. The van der Waals surface area contributed by atoms with Gasteiger partial charge in [-0.15, -0.1) is 0 Å². The minimum absolute atomic E-state index is 0.0907. The van der Waals surface area contributed by atoms with Gasteiger partial charge in [-0.05, 0) is 25.7 Å². The monoisotopic (exact) mass is 752 g/mol. The van der Waals surface area contributed by atoms with Gasteiger partial charge in [0.25, 0.3) is 6.47 Å². The Kier molecular flexibility index (Phi) is 10.7. The lowest BCUT2D eigenvalue weighted by Gasteiger charge is -2.36. The fourth-order valence-electron chi connectivity index (χ4n) is 7.31. The summed E-state index contributed by atoms with van der Waals surface area (Å²) in [6.45, 7) is 3.73. The molecule has 0 radical (unpaired) electrons. The normalized spacial score (nSPS) is 31.0. The van der Waals surface area contributed by atoms with Crippen molar-refractivity contribution >= 4 is 68.9 Å². The molecule has 4 aromatic heterocycles. The number of carbonyl (C=O) groups is 1. The summed E-state index contributed by atoms with van der Waals surface area (Å²) >= 11 is 4.46. The summed E-state index contributed by atoms with van der Waals surface area (Å²) in [6, 6.07) is 0. The van der Waals surface area contributed by atoms with Crippen LogP contribution in [-0.4, -0.2) is 82.1 Å². The zero-order valence-corrected chi connectivity index (χ0v) is 31.0. The van der Waals surface area contributed by atoms with Gasteiger partial charge in [-0.3, -0.25) is 23.0 Å². The molecule has 6 rings (SSSR count). The number of nitrogens with zero attached hydrogens (tertiary/aromatic N) is 8. The maximum absolute atomic E-state index is 14.3. The van der Waals surface area contributed by atoms with Crippen LogP contribution < -0.4 is 11.5 Å². The maximum atomic E-state index is 14.3. The second-order valence-corrected chi connectivity index (χ2v) is 15.6. The predicted molar refractivity (Wildman–Crippen MR) is 187 cm³/mol. The third-order valence-electron chi connectivity index (χ3n) is 9.97. The Balaban J connectivity index is 1.29. The van der Waals surface area contributed by atoms with Crippen LogP contribution in [0.3, 0.4) is 0 Å². The number of thiol groups is 1. The van der Waals surface area contributed by atoms with E-state index in [4.69, 9.17) is 39.2 Å². The van der Waals surface area contributed by atoms with E-state index in [1.165, 1.54) is 12.7 Å². The van der Waals surface area contributed by atoms with E-state index in [1.807, 2.05) is 27.7 Å². The lowest BCUT2D eigenvalue weighted by Crippen LogP contribution is -2.47. The number of anilines is 2. The van der Waals surface area contributed by atoms with E-state index in [2.05, 4.69) is 51.6 Å². The number of nitrogens with two attached hydrogens (primary N) is 2. The molecule has 2 aliphatic rings. The highest BCUT2D eigenvalue weighted by molar-refractivity contribution is 8.44. The molecular formula is C29H42N10O8P2S. The van der Waals surface area contributed by atoms with E-state index >= 15 is 0 Å². The highest BCUT2D eigenvalue weighted by atomic mass is 32.7. The van der Waals surface area contributed by atoms with Crippen LogP contribution in [0.4, 0.5) is 11.6 Å². The van der Waals surface area contributed by atoms with E-state index in [9.17, 15) is 9.36 Å². The first-order valence-corrected chi connectivity index (χ1v) is 19.5. The molecule has 50 heavy (non-hydrogen) atoms. The molecule has 272 valence electrons. The first-order valence-electron chi connectivity index (χ1n) is 16.3. The van der Waals surface area contributed by atoms with Crippen LogP contribution in [0.2, 0.25) is 0 Å². The van der Waals surface area contributed by atoms with Gasteiger partial charge in [0.2, 0.25) is 0 Å². The topological polar surface area (TPSA) is 229 Å². The molecule has 0 aromatic carbocycles. The van der Waals surface area contributed by atoms with Crippen LogP contribution in [0.5, 0.6) is 0 Å². The molecule has 2 saturated heterocycles. The molecule has 6 heterocycles. The van der Waals surface area contributed by atoms with Gasteiger partial charge in [-0.25, -0.2) is 34.5 Å². The number of aromatic nitrogens is 8. The maximum Gasteiger partial charge on any atom is 0.386 e. The van der Waals surface area contributed by atoms with Gasteiger partial charge < -0.3 is 30.2 Å². The van der Waals surface area contributed by atoms with Crippen molar-refractivity contribution in [1.29, 1.82) is 0 Å². The third-order valence-corrected chi connectivity index (χ3v) is 11.7. The zero-order chi connectivity index (χ0) is 35.8. The van der Waals surface area contributed by atoms with Gasteiger partial charge in [-0.2, -0.15) is 0 Å². The number of fused-ring (bicyclic) bond motifs is 2. The minimum Gasteiger partial charge on any atom is -0.461 e. The molecule has 18 nitrogen and oxygen atoms in total. The number of rotatable bonds is 15. The summed E-state index contributed by atoms with van der Waals surface area (Å²) in [4.78, 5) is 37.5. The Labute approximate surface area is 295 Å². The molecule has 4 aromatic rings. The molecule has 4 N–H and O–H groups in total. The van der Waals surface area contributed by atoms with Gasteiger partial charge in [0.1, 0.15) is 59.6 Å². The molecule has 0 bridgehead atoms. The van der Waals surface area contributed by atoms with E-state index in [0.717, 1.165) is 0 Å². The summed E-state index contributed by atoms with van der Waals surface area (Å²) in [5.74, 6) is -0.283. The Morgan fingerprint density at radius 3 is 1.82 bits per heavy atom. The number of hydrogen-bond donors (Lipinski definition) is 3. The molecule has 0 saturated carbocycles. The smallest absolute Gasteiger partial charge is 0.386 e. The van der Waals surface area contributed by atoms with Gasteiger partial charge in [-0.1, -0.05) is 39.9 Å². The number of ether oxygens (including phenoxy) is 3. The number of nitrogen functional groups attached to an aromatic ring is 2. The van der Waals surface area contributed by atoms with Gasteiger partial charge in [0.15, 0.2) is 22.9 Å². The largest absolute Gasteiger partial charge is 0.461 e. The summed E-state index contributed by atoms with van der Waals surface area (Å²) in [5.41, 5.74) is 11.6. The Morgan fingerprint density at radius 1 is 0.860 bits per heavy atom. The Hall–Kier alpha value is -3.02. The van der Waals surface area contributed by atoms with Crippen LogP contribution >= 0.6 is 28.5 Å².